The molecule has 0 radical (unpaired) electrons. The Hall–Kier alpha value is -2.38. The zero-order chi connectivity index (χ0) is 19.4. The van der Waals surface area contributed by atoms with Gasteiger partial charge in [-0.3, -0.25) is 4.79 Å². The van der Waals surface area contributed by atoms with Crippen molar-refractivity contribution in [1.82, 2.24) is 4.31 Å². The van der Waals surface area contributed by atoms with Crippen molar-refractivity contribution in [2.24, 2.45) is 5.92 Å². The molecule has 1 heterocycles. The molecule has 1 amide bonds. The molecule has 2 aromatic carbocycles. The highest BCUT2D eigenvalue weighted by atomic mass is 32.2. The van der Waals surface area contributed by atoms with Gasteiger partial charge in [0.25, 0.3) is 0 Å². The summed E-state index contributed by atoms with van der Waals surface area (Å²) >= 11 is 0. The smallest absolute Gasteiger partial charge is 0.228 e. The van der Waals surface area contributed by atoms with Crippen molar-refractivity contribution in [3.8, 4) is 16.9 Å². The van der Waals surface area contributed by atoms with E-state index in [0.717, 1.165) is 16.9 Å². The molecule has 1 atom stereocenters. The van der Waals surface area contributed by atoms with Gasteiger partial charge in [-0.15, -0.1) is 0 Å². The first-order valence-electron chi connectivity index (χ1n) is 8.87. The number of hydrogen-bond acceptors (Lipinski definition) is 4. The van der Waals surface area contributed by atoms with Gasteiger partial charge >= 0.3 is 0 Å². The maximum atomic E-state index is 12.5. The van der Waals surface area contributed by atoms with Crippen LogP contribution < -0.4 is 10.1 Å². The summed E-state index contributed by atoms with van der Waals surface area (Å²) in [6, 6.07) is 15.4. The van der Waals surface area contributed by atoms with E-state index >= 15 is 0 Å². The van der Waals surface area contributed by atoms with E-state index in [1.165, 1.54) is 10.6 Å². The number of hydrogen-bond donors (Lipinski definition) is 1. The molecular formula is C20H24N2O4S. The van der Waals surface area contributed by atoms with Gasteiger partial charge in [-0.05, 0) is 48.2 Å². The Morgan fingerprint density at radius 3 is 2.56 bits per heavy atom. The molecule has 1 N–H and O–H groups in total. The summed E-state index contributed by atoms with van der Waals surface area (Å²) in [6.45, 7) is 0.727. The van der Waals surface area contributed by atoms with Gasteiger partial charge in [-0.25, -0.2) is 12.7 Å². The molecule has 1 aliphatic heterocycles. The molecule has 3 rings (SSSR count). The topological polar surface area (TPSA) is 75.7 Å². The number of anilines is 1. The van der Waals surface area contributed by atoms with Gasteiger partial charge < -0.3 is 10.1 Å². The second-order valence-corrected chi connectivity index (χ2v) is 8.74. The summed E-state index contributed by atoms with van der Waals surface area (Å²) in [5.41, 5.74) is 2.75. The minimum absolute atomic E-state index is 0.141. The first-order valence-corrected chi connectivity index (χ1v) is 10.7. The van der Waals surface area contributed by atoms with Gasteiger partial charge in [0.15, 0.2) is 0 Å². The van der Waals surface area contributed by atoms with Crippen molar-refractivity contribution in [3.05, 3.63) is 48.5 Å². The Morgan fingerprint density at radius 2 is 1.89 bits per heavy atom. The van der Waals surface area contributed by atoms with Gasteiger partial charge in [0.2, 0.25) is 15.9 Å². The number of rotatable bonds is 5. The molecule has 0 aromatic heterocycles. The summed E-state index contributed by atoms with van der Waals surface area (Å²) in [5, 5.41) is 2.90. The van der Waals surface area contributed by atoms with Crippen LogP contribution in [0.5, 0.6) is 5.75 Å². The van der Waals surface area contributed by atoms with Crippen LogP contribution in [-0.2, 0) is 14.8 Å². The Morgan fingerprint density at radius 1 is 1.15 bits per heavy atom. The molecule has 2 aromatic rings. The van der Waals surface area contributed by atoms with Crippen molar-refractivity contribution < 1.29 is 17.9 Å². The summed E-state index contributed by atoms with van der Waals surface area (Å²) in [4.78, 5) is 12.5. The van der Waals surface area contributed by atoms with Crippen LogP contribution in [0.25, 0.3) is 11.1 Å². The number of sulfonamides is 1. The van der Waals surface area contributed by atoms with Crippen LogP contribution in [0, 0.1) is 5.92 Å². The van der Waals surface area contributed by atoms with E-state index in [1.807, 2.05) is 48.5 Å². The Bertz CT molecular complexity index is 910. The van der Waals surface area contributed by atoms with Gasteiger partial charge in [-0.1, -0.05) is 24.3 Å². The molecule has 27 heavy (non-hydrogen) atoms. The van der Waals surface area contributed by atoms with Crippen LogP contribution in [0.3, 0.4) is 0 Å². The lowest BCUT2D eigenvalue weighted by Crippen LogP contribution is -2.43. The number of nitrogens with zero attached hydrogens (tertiary/aromatic N) is 1. The maximum Gasteiger partial charge on any atom is 0.228 e. The number of methoxy groups -OCH3 is 1. The lowest BCUT2D eigenvalue weighted by atomic mass is 9.98. The minimum Gasteiger partial charge on any atom is -0.497 e. The molecule has 7 heteroatoms. The monoisotopic (exact) mass is 388 g/mol. The van der Waals surface area contributed by atoms with Crippen LogP contribution in [0.1, 0.15) is 12.8 Å². The standard InChI is InChI=1S/C20H24N2O4S/c1-26-19-7-3-5-16(13-19)15-8-10-18(11-9-15)21-20(23)17-6-4-12-22(14-17)27(2,24)25/h3,5,7-11,13,17H,4,6,12,14H2,1-2H3,(H,21,23)/t17-/m0/s1. The summed E-state index contributed by atoms with van der Waals surface area (Å²) in [6.07, 6.45) is 2.57. The average molecular weight is 388 g/mol. The molecule has 1 fully saturated rings. The highest BCUT2D eigenvalue weighted by molar-refractivity contribution is 7.88. The molecule has 144 valence electrons. The van der Waals surface area contributed by atoms with Gasteiger partial charge in [-0.2, -0.15) is 0 Å². The van der Waals surface area contributed by atoms with Gasteiger partial charge in [0.1, 0.15) is 5.75 Å². The molecule has 1 saturated heterocycles. The zero-order valence-electron chi connectivity index (χ0n) is 15.5. The Labute approximate surface area is 160 Å². The number of benzene rings is 2. The van der Waals surface area contributed by atoms with Gasteiger partial charge in [0.05, 0.1) is 19.3 Å². The lowest BCUT2D eigenvalue weighted by Gasteiger charge is -2.30. The number of nitrogens with one attached hydrogen (secondary N) is 1. The van der Waals surface area contributed by atoms with E-state index in [1.54, 1.807) is 7.11 Å². The third-order valence-electron chi connectivity index (χ3n) is 4.78. The van der Waals surface area contributed by atoms with Crippen molar-refractivity contribution >= 4 is 21.6 Å². The highest BCUT2D eigenvalue weighted by Crippen LogP contribution is 2.26. The maximum absolute atomic E-state index is 12.5. The Balaban J connectivity index is 1.66. The fraction of sp³-hybridized carbons (Fsp3) is 0.350. The van der Waals surface area contributed by atoms with Gasteiger partial charge in [0, 0.05) is 18.8 Å². The molecule has 0 unspecified atom stereocenters. The normalized spacial score (nSPS) is 18.1. The van der Waals surface area contributed by atoms with Crippen LogP contribution >= 0.6 is 0 Å². The third-order valence-corrected chi connectivity index (χ3v) is 6.05. The number of amides is 1. The quantitative estimate of drug-likeness (QED) is 0.854. The van der Waals surface area contributed by atoms with E-state index in [9.17, 15) is 13.2 Å². The molecule has 1 aliphatic rings. The lowest BCUT2D eigenvalue weighted by molar-refractivity contribution is -0.120. The average Bonchev–Trinajstić information content (AvgIpc) is 2.68. The number of carbonyl (C=O) groups excluding carboxylic acids is 1. The van der Waals surface area contributed by atoms with Crippen molar-refractivity contribution in [1.29, 1.82) is 0 Å². The van der Waals surface area contributed by atoms with E-state index in [2.05, 4.69) is 5.32 Å². The molecular weight excluding hydrogens is 364 g/mol. The zero-order valence-corrected chi connectivity index (χ0v) is 16.3. The van der Waals surface area contributed by atoms with Crippen molar-refractivity contribution in [2.45, 2.75) is 12.8 Å². The first kappa shape index (κ1) is 19.4. The SMILES string of the molecule is COc1cccc(-c2ccc(NC(=O)[C@H]3CCCN(S(C)(=O)=O)C3)cc2)c1. The van der Waals surface area contributed by atoms with Crippen molar-refractivity contribution in [2.75, 3.05) is 31.8 Å². The largest absolute Gasteiger partial charge is 0.497 e. The van der Waals surface area contributed by atoms with E-state index in [4.69, 9.17) is 4.74 Å². The molecule has 0 saturated carbocycles. The first-order chi connectivity index (χ1) is 12.9. The van der Waals surface area contributed by atoms with Crippen LogP contribution in [0.4, 0.5) is 5.69 Å². The highest BCUT2D eigenvalue weighted by Gasteiger charge is 2.30. The number of piperidine rings is 1. The third kappa shape index (κ3) is 4.87. The fourth-order valence-electron chi connectivity index (χ4n) is 3.25. The predicted molar refractivity (Wildman–Crippen MR) is 106 cm³/mol. The fourth-order valence-corrected chi connectivity index (χ4v) is 4.16. The van der Waals surface area contributed by atoms with Crippen LogP contribution in [-0.4, -0.2) is 45.1 Å². The molecule has 0 spiro atoms. The summed E-state index contributed by atoms with van der Waals surface area (Å²) in [7, 11) is -1.63. The van der Waals surface area contributed by atoms with E-state index in [0.29, 0.717) is 25.1 Å². The summed E-state index contributed by atoms with van der Waals surface area (Å²) in [5.74, 6) is 0.321. The minimum atomic E-state index is -3.26. The predicted octanol–water partition coefficient (Wildman–Crippen LogP) is 2.97. The Kier molecular flexibility index (Phi) is 5.82. The molecule has 0 aliphatic carbocycles. The second-order valence-electron chi connectivity index (χ2n) is 6.76. The molecule has 0 bridgehead atoms. The van der Waals surface area contributed by atoms with Crippen LogP contribution in [0.15, 0.2) is 48.5 Å². The summed E-state index contributed by atoms with van der Waals surface area (Å²) < 4.78 is 30.1. The number of carbonyl (C=O) groups is 1. The van der Waals surface area contributed by atoms with E-state index < -0.39 is 10.0 Å². The second kappa shape index (κ2) is 8.10. The van der Waals surface area contributed by atoms with Crippen LogP contribution in [0.2, 0.25) is 0 Å². The molecule has 6 nitrogen and oxygen atoms in total. The number of ether oxygens (including phenoxy) is 1. The van der Waals surface area contributed by atoms with E-state index in [-0.39, 0.29) is 18.4 Å². The van der Waals surface area contributed by atoms with Crippen molar-refractivity contribution in [3.63, 3.8) is 0 Å².